The lowest BCUT2D eigenvalue weighted by molar-refractivity contribution is 0.102. The maximum atomic E-state index is 12.3. The Morgan fingerprint density at radius 3 is 2.52 bits per heavy atom. The summed E-state index contributed by atoms with van der Waals surface area (Å²) in [5.74, 6) is 1.67. The number of anilines is 1. The number of thioether (sulfide) groups is 1. The molecular formula is C19H18N2O2S2. The van der Waals surface area contributed by atoms with E-state index >= 15 is 0 Å². The first-order chi connectivity index (χ1) is 12.2. The van der Waals surface area contributed by atoms with Crippen molar-refractivity contribution in [3.05, 3.63) is 59.5 Å². The molecule has 0 saturated carbocycles. The smallest absolute Gasteiger partial charge is 0.257 e. The molecule has 0 unspecified atom stereocenters. The van der Waals surface area contributed by atoms with Crippen LogP contribution < -0.4 is 10.1 Å². The maximum absolute atomic E-state index is 12.3. The highest BCUT2D eigenvalue weighted by atomic mass is 32.2. The third-order valence-corrected chi connectivity index (χ3v) is 5.19. The first-order valence-electron chi connectivity index (χ1n) is 7.83. The van der Waals surface area contributed by atoms with E-state index in [-0.39, 0.29) is 5.91 Å². The van der Waals surface area contributed by atoms with E-state index in [2.05, 4.69) is 17.2 Å². The van der Waals surface area contributed by atoms with E-state index in [0.29, 0.717) is 10.7 Å². The van der Waals surface area contributed by atoms with E-state index in [4.69, 9.17) is 4.74 Å². The van der Waals surface area contributed by atoms with Crippen molar-refractivity contribution >= 4 is 34.1 Å². The fraction of sp³-hybridized carbons (Fsp3) is 0.158. The van der Waals surface area contributed by atoms with Gasteiger partial charge < -0.3 is 4.74 Å². The second-order valence-corrected chi connectivity index (χ2v) is 7.37. The van der Waals surface area contributed by atoms with Crippen LogP contribution in [0.5, 0.6) is 5.75 Å². The van der Waals surface area contributed by atoms with Crippen LogP contribution in [0.1, 0.15) is 17.3 Å². The number of thiazole rings is 1. The summed E-state index contributed by atoms with van der Waals surface area (Å²) in [4.78, 5) is 18.0. The summed E-state index contributed by atoms with van der Waals surface area (Å²) in [5.41, 5.74) is 2.44. The molecule has 4 nitrogen and oxygen atoms in total. The molecule has 1 N–H and O–H groups in total. The van der Waals surface area contributed by atoms with Gasteiger partial charge in [-0.1, -0.05) is 6.92 Å². The van der Waals surface area contributed by atoms with Crippen molar-refractivity contribution in [2.24, 2.45) is 0 Å². The quantitative estimate of drug-likeness (QED) is 0.607. The number of carbonyl (C=O) groups excluding carboxylic acids is 1. The Labute approximate surface area is 155 Å². The summed E-state index contributed by atoms with van der Waals surface area (Å²) < 4.78 is 5.16. The van der Waals surface area contributed by atoms with Crippen LogP contribution in [0.4, 0.5) is 5.13 Å². The molecule has 1 amide bonds. The number of nitrogens with one attached hydrogen (secondary N) is 1. The number of aromatic nitrogens is 1. The molecule has 6 heteroatoms. The lowest BCUT2D eigenvalue weighted by Crippen LogP contribution is -2.11. The fourth-order valence-corrected chi connectivity index (χ4v) is 3.64. The zero-order valence-electron chi connectivity index (χ0n) is 14.0. The molecule has 0 radical (unpaired) electrons. The van der Waals surface area contributed by atoms with Gasteiger partial charge in [-0.15, -0.1) is 23.1 Å². The Hall–Kier alpha value is -2.31. The van der Waals surface area contributed by atoms with Crippen molar-refractivity contribution in [1.29, 1.82) is 0 Å². The highest BCUT2D eigenvalue weighted by Crippen LogP contribution is 2.27. The molecular weight excluding hydrogens is 352 g/mol. The van der Waals surface area contributed by atoms with Crippen LogP contribution >= 0.6 is 23.1 Å². The Kier molecular flexibility index (Phi) is 5.73. The highest BCUT2D eigenvalue weighted by Gasteiger charge is 2.10. The molecule has 3 rings (SSSR count). The third kappa shape index (κ3) is 4.41. The second-order valence-electron chi connectivity index (χ2n) is 5.18. The monoisotopic (exact) mass is 370 g/mol. The maximum Gasteiger partial charge on any atom is 0.257 e. The van der Waals surface area contributed by atoms with Crippen LogP contribution in [-0.2, 0) is 0 Å². The molecule has 0 fully saturated rings. The van der Waals surface area contributed by atoms with Gasteiger partial charge in [0.25, 0.3) is 5.91 Å². The zero-order valence-corrected chi connectivity index (χ0v) is 15.6. The minimum atomic E-state index is -0.149. The second kappa shape index (κ2) is 8.18. The van der Waals surface area contributed by atoms with E-state index in [1.54, 1.807) is 18.9 Å². The van der Waals surface area contributed by atoms with E-state index in [0.717, 1.165) is 27.7 Å². The van der Waals surface area contributed by atoms with Crippen LogP contribution in [0, 0.1) is 0 Å². The van der Waals surface area contributed by atoms with Crippen LogP contribution in [0.3, 0.4) is 0 Å². The number of ether oxygens (including phenoxy) is 1. The zero-order chi connectivity index (χ0) is 17.6. The van der Waals surface area contributed by atoms with Gasteiger partial charge in [0.15, 0.2) is 5.13 Å². The van der Waals surface area contributed by atoms with Gasteiger partial charge in [-0.3, -0.25) is 10.1 Å². The van der Waals surface area contributed by atoms with Crippen molar-refractivity contribution in [1.82, 2.24) is 4.98 Å². The first kappa shape index (κ1) is 17.5. The Morgan fingerprint density at radius 1 is 1.16 bits per heavy atom. The molecule has 0 saturated heterocycles. The molecule has 25 heavy (non-hydrogen) atoms. The first-order valence-corrected chi connectivity index (χ1v) is 9.70. The number of amides is 1. The van der Waals surface area contributed by atoms with Gasteiger partial charge in [0.05, 0.1) is 12.8 Å². The van der Waals surface area contributed by atoms with E-state index in [1.165, 1.54) is 11.3 Å². The van der Waals surface area contributed by atoms with Crippen molar-refractivity contribution in [2.75, 3.05) is 18.2 Å². The van der Waals surface area contributed by atoms with Gasteiger partial charge in [0, 0.05) is 21.4 Å². The lowest BCUT2D eigenvalue weighted by atomic mass is 10.2. The van der Waals surface area contributed by atoms with Crippen LogP contribution in [0.2, 0.25) is 0 Å². The third-order valence-electron chi connectivity index (χ3n) is 3.54. The van der Waals surface area contributed by atoms with Gasteiger partial charge in [0.1, 0.15) is 5.75 Å². The van der Waals surface area contributed by atoms with Crippen molar-refractivity contribution in [3.8, 4) is 17.0 Å². The molecule has 128 valence electrons. The summed E-state index contributed by atoms with van der Waals surface area (Å²) in [6.07, 6.45) is 0. The molecule has 0 bridgehead atoms. The van der Waals surface area contributed by atoms with Crippen LogP contribution in [-0.4, -0.2) is 23.8 Å². The summed E-state index contributed by atoms with van der Waals surface area (Å²) in [6, 6.07) is 15.3. The van der Waals surface area contributed by atoms with Crippen molar-refractivity contribution in [3.63, 3.8) is 0 Å². The minimum Gasteiger partial charge on any atom is -0.497 e. The summed E-state index contributed by atoms with van der Waals surface area (Å²) >= 11 is 3.16. The average Bonchev–Trinajstić information content (AvgIpc) is 3.11. The number of carbonyl (C=O) groups is 1. The van der Waals surface area contributed by atoms with E-state index in [1.807, 2.05) is 53.9 Å². The average molecular weight is 370 g/mol. The molecule has 0 aliphatic carbocycles. The molecule has 3 aromatic rings. The minimum absolute atomic E-state index is 0.149. The number of hydrogen-bond donors (Lipinski definition) is 1. The molecule has 1 heterocycles. The molecule has 0 aliphatic rings. The normalized spacial score (nSPS) is 10.5. The number of methoxy groups -OCH3 is 1. The molecule has 1 aromatic heterocycles. The predicted molar refractivity (Wildman–Crippen MR) is 105 cm³/mol. The van der Waals surface area contributed by atoms with Crippen LogP contribution in [0.25, 0.3) is 11.3 Å². The topological polar surface area (TPSA) is 51.2 Å². The number of benzene rings is 2. The number of rotatable bonds is 6. The SMILES string of the molecule is CCSc1ccc(C(=O)Nc2nc(-c3ccc(OC)cc3)cs2)cc1. The van der Waals surface area contributed by atoms with Gasteiger partial charge in [-0.05, 0) is 54.3 Å². The predicted octanol–water partition coefficient (Wildman–Crippen LogP) is 5.18. The summed E-state index contributed by atoms with van der Waals surface area (Å²) in [7, 11) is 1.64. The highest BCUT2D eigenvalue weighted by molar-refractivity contribution is 7.99. The summed E-state index contributed by atoms with van der Waals surface area (Å²) in [5, 5.41) is 5.37. The Bertz CT molecular complexity index is 843. The largest absolute Gasteiger partial charge is 0.497 e. The lowest BCUT2D eigenvalue weighted by Gasteiger charge is -2.03. The fourth-order valence-electron chi connectivity index (χ4n) is 2.26. The molecule has 2 aromatic carbocycles. The Morgan fingerprint density at radius 2 is 1.88 bits per heavy atom. The van der Waals surface area contributed by atoms with E-state index < -0.39 is 0 Å². The van der Waals surface area contributed by atoms with Gasteiger partial charge >= 0.3 is 0 Å². The number of hydrogen-bond acceptors (Lipinski definition) is 5. The van der Waals surface area contributed by atoms with Gasteiger partial charge in [-0.25, -0.2) is 4.98 Å². The molecule has 0 atom stereocenters. The van der Waals surface area contributed by atoms with Gasteiger partial charge in [0.2, 0.25) is 0 Å². The van der Waals surface area contributed by atoms with Crippen molar-refractivity contribution < 1.29 is 9.53 Å². The Balaban J connectivity index is 1.68. The molecule has 0 spiro atoms. The standard InChI is InChI=1S/C19H18N2O2S2/c1-3-24-16-10-6-14(7-11-16)18(22)21-19-20-17(12-25-19)13-4-8-15(23-2)9-5-13/h4-12H,3H2,1-2H3,(H,20,21,22). The summed E-state index contributed by atoms with van der Waals surface area (Å²) in [6.45, 7) is 2.11. The van der Waals surface area contributed by atoms with Crippen molar-refractivity contribution in [2.45, 2.75) is 11.8 Å². The van der Waals surface area contributed by atoms with Gasteiger partial charge in [-0.2, -0.15) is 0 Å². The van der Waals surface area contributed by atoms with Crippen LogP contribution in [0.15, 0.2) is 58.8 Å². The molecule has 0 aliphatic heterocycles. The number of nitrogens with zero attached hydrogens (tertiary/aromatic N) is 1. The van der Waals surface area contributed by atoms with E-state index in [9.17, 15) is 4.79 Å².